The average Bonchev–Trinajstić information content (AvgIpc) is 2.70. The number of nitrogens with zero attached hydrogens (tertiary/aromatic N) is 1. The molecule has 1 atom stereocenters. The molecule has 0 bridgehead atoms. The van der Waals surface area contributed by atoms with Gasteiger partial charge in [0.1, 0.15) is 5.82 Å². The number of hydrogen-bond donors (Lipinski definition) is 1. The van der Waals surface area contributed by atoms with Crippen molar-refractivity contribution in [1.29, 1.82) is 0 Å². The van der Waals surface area contributed by atoms with Crippen LogP contribution in [0, 0.1) is 5.82 Å². The maximum atomic E-state index is 13.6. The van der Waals surface area contributed by atoms with Crippen LogP contribution in [-0.2, 0) is 6.42 Å². The topological polar surface area (TPSA) is 38.9 Å². The molecule has 1 heterocycles. The first-order valence-electron chi connectivity index (χ1n) is 4.76. The molecule has 0 aliphatic heterocycles. The fourth-order valence-electron chi connectivity index (χ4n) is 1.51. The number of rotatable bonds is 3. The lowest BCUT2D eigenvalue weighted by atomic mass is 10.0. The number of hydrogen-bond acceptors (Lipinski definition) is 3. The van der Waals surface area contributed by atoms with Gasteiger partial charge in [0, 0.05) is 34.1 Å². The quantitative estimate of drug-likeness (QED) is 0.945. The van der Waals surface area contributed by atoms with Crippen LogP contribution < -0.4 is 5.73 Å². The fourth-order valence-corrected chi connectivity index (χ4v) is 2.82. The highest BCUT2D eigenvalue weighted by Crippen LogP contribution is 2.27. The number of thiazole rings is 1. The summed E-state index contributed by atoms with van der Waals surface area (Å²) in [5, 5.41) is 2.81. The van der Waals surface area contributed by atoms with Gasteiger partial charge < -0.3 is 5.73 Å². The second-order valence-corrected chi connectivity index (χ2v) is 5.21. The van der Waals surface area contributed by atoms with E-state index in [1.54, 1.807) is 18.3 Å². The summed E-state index contributed by atoms with van der Waals surface area (Å²) in [4.78, 5) is 4.14. The van der Waals surface area contributed by atoms with Crippen LogP contribution in [0.4, 0.5) is 4.39 Å². The SMILES string of the molecule is NC(Cc1nccs1)c1c(F)cccc1Br. The molecule has 0 aliphatic rings. The zero-order chi connectivity index (χ0) is 11.5. The lowest BCUT2D eigenvalue weighted by Gasteiger charge is -2.13. The standard InChI is InChI=1S/C11H10BrFN2S/c12-7-2-1-3-8(13)11(7)9(14)6-10-15-4-5-16-10/h1-5,9H,6,14H2. The molecule has 1 aromatic carbocycles. The third kappa shape index (κ3) is 2.48. The van der Waals surface area contributed by atoms with Gasteiger partial charge in [-0.15, -0.1) is 11.3 Å². The first kappa shape index (κ1) is 11.7. The second kappa shape index (κ2) is 5.03. The number of halogens is 2. The lowest BCUT2D eigenvalue weighted by Crippen LogP contribution is -2.15. The van der Waals surface area contributed by atoms with E-state index >= 15 is 0 Å². The van der Waals surface area contributed by atoms with E-state index in [0.29, 0.717) is 16.5 Å². The molecule has 1 aromatic heterocycles. The molecule has 1 unspecified atom stereocenters. The highest BCUT2D eigenvalue weighted by Gasteiger charge is 2.16. The Morgan fingerprint density at radius 1 is 1.50 bits per heavy atom. The van der Waals surface area contributed by atoms with Crippen molar-refractivity contribution in [1.82, 2.24) is 4.98 Å². The fraction of sp³-hybridized carbons (Fsp3) is 0.182. The molecule has 0 radical (unpaired) electrons. The van der Waals surface area contributed by atoms with Crippen LogP contribution in [-0.4, -0.2) is 4.98 Å². The van der Waals surface area contributed by atoms with Gasteiger partial charge in [-0.25, -0.2) is 9.37 Å². The third-order valence-corrected chi connectivity index (χ3v) is 3.74. The Hall–Kier alpha value is -0.780. The van der Waals surface area contributed by atoms with Gasteiger partial charge in [-0.3, -0.25) is 0 Å². The van der Waals surface area contributed by atoms with Crippen molar-refractivity contribution in [3.8, 4) is 0 Å². The molecule has 16 heavy (non-hydrogen) atoms. The number of benzene rings is 1. The van der Waals surface area contributed by atoms with E-state index in [2.05, 4.69) is 20.9 Å². The van der Waals surface area contributed by atoms with E-state index in [-0.39, 0.29) is 11.9 Å². The van der Waals surface area contributed by atoms with Gasteiger partial charge in [-0.2, -0.15) is 0 Å². The van der Waals surface area contributed by atoms with Gasteiger partial charge in [-0.1, -0.05) is 22.0 Å². The Morgan fingerprint density at radius 3 is 2.94 bits per heavy atom. The van der Waals surface area contributed by atoms with Gasteiger partial charge >= 0.3 is 0 Å². The van der Waals surface area contributed by atoms with Gasteiger partial charge in [0.05, 0.1) is 5.01 Å². The van der Waals surface area contributed by atoms with Crippen molar-refractivity contribution < 1.29 is 4.39 Å². The van der Waals surface area contributed by atoms with E-state index in [9.17, 15) is 4.39 Å². The smallest absolute Gasteiger partial charge is 0.129 e. The Morgan fingerprint density at radius 2 is 2.31 bits per heavy atom. The summed E-state index contributed by atoms with van der Waals surface area (Å²) in [5.74, 6) is -0.279. The number of nitrogens with two attached hydrogens (primary N) is 1. The molecular formula is C11H10BrFN2S. The van der Waals surface area contributed by atoms with Crippen LogP contribution >= 0.6 is 27.3 Å². The Kier molecular flexibility index (Phi) is 3.68. The predicted octanol–water partition coefficient (Wildman–Crippen LogP) is 3.29. The van der Waals surface area contributed by atoms with Crippen LogP contribution in [0.2, 0.25) is 0 Å². The summed E-state index contributed by atoms with van der Waals surface area (Å²) in [6, 6.07) is 4.49. The summed E-state index contributed by atoms with van der Waals surface area (Å²) >= 11 is 4.84. The van der Waals surface area contributed by atoms with E-state index in [1.165, 1.54) is 17.4 Å². The van der Waals surface area contributed by atoms with E-state index in [1.807, 2.05) is 5.38 Å². The molecule has 2 rings (SSSR count). The molecule has 0 amide bonds. The molecule has 2 N–H and O–H groups in total. The third-order valence-electron chi connectivity index (χ3n) is 2.25. The van der Waals surface area contributed by atoms with Crippen LogP contribution in [0.5, 0.6) is 0 Å². The van der Waals surface area contributed by atoms with Crippen LogP contribution in [0.1, 0.15) is 16.6 Å². The first-order valence-corrected chi connectivity index (χ1v) is 6.43. The highest BCUT2D eigenvalue weighted by atomic mass is 79.9. The molecule has 5 heteroatoms. The molecule has 0 saturated carbocycles. The number of aromatic nitrogens is 1. The molecule has 0 spiro atoms. The van der Waals surface area contributed by atoms with Crippen molar-refractivity contribution >= 4 is 27.3 Å². The van der Waals surface area contributed by atoms with Crippen LogP contribution in [0.3, 0.4) is 0 Å². The highest BCUT2D eigenvalue weighted by molar-refractivity contribution is 9.10. The monoisotopic (exact) mass is 300 g/mol. The van der Waals surface area contributed by atoms with Crippen LogP contribution in [0.15, 0.2) is 34.2 Å². The second-order valence-electron chi connectivity index (χ2n) is 3.37. The van der Waals surface area contributed by atoms with E-state index in [4.69, 9.17) is 5.73 Å². The summed E-state index contributed by atoms with van der Waals surface area (Å²) in [7, 11) is 0. The van der Waals surface area contributed by atoms with E-state index in [0.717, 1.165) is 5.01 Å². The molecule has 2 aromatic rings. The minimum absolute atomic E-state index is 0.279. The molecular weight excluding hydrogens is 291 g/mol. The lowest BCUT2D eigenvalue weighted by molar-refractivity contribution is 0.577. The zero-order valence-corrected chi connectivity index (χ0v) is 10.8. The zero-order valence-electron chi connectivity index (χ0n) is 8.36. The minimum Gasteiger partial charge on any atom is -0.323 e. The Labute approximate surface area is 105 Å². The molecule has 0 aliphatic carbocycles. The summed E-state index contributed by atoms with van der Waals surface area (Å²) in [6.45, 7) is 0. The Bertz CT molecular complexity index is 453. The molecule has 0 fully saturated rings. The van der Waals surface area contributed by atoms with Gasteiger partial charge in [0.2, 0.25) is 0 Å². The maximum absolute atomic E-state index is 13.6. The van der Waals surface area contributed by atoms with Gasteiger partial charge in [0.25, 0.3) is 0 Å². The van der Waals surface area contributed by atoms with Gasteiger partial charge in [-0.05, 0) is 12.1 Å². The van der Waals surface area contributed by atoms with Crippen molar-refractivity contribution in [2.45, 2.75) is 12.5 Å². The largest absolute Gasteiger partial charge is 0.323 e. The van der Waals surface area contributed by atoms with Crippen LogP contribution in [0.25, 0.3) is 0 Å². The first-order chi connectivity index (χ1) is 7.68. The van der Waals surface area contributed by atoms with E-state index < -0.39 is 0 Å². The normalized spacial score (nSPS) is 12.7. The summed E-state index contributed by atoms with van der Waals surface area (Å²) in [6.07, 6.45) is 2.28. The van der Waals surface area contributed by atoms with Crippen molar-refractivity contribution in [2.75, 3.05) is 0 Å². The molecule has 0 saturated heterocycles. The molecule has 2 nitrogen and oxygen atoms in total. The summed E-state index contributed by atoms with van der Waals surface area (Å²) in [5.41, 5.74) is 6.50. The maximum Gasteiger partial charge on any atom is 0.129 e. The average molecular weight is 301 g/mol. The van der Waals surface area contributed by atoms with Crippen molar-refractivity contribution in [2.24, 2.45) is 5.73 Å². The Balaban J connectivity index is 2.24. The molecule has 84 valence electrons. The predicted molar refractivity (Wildman–Crippen MR) is 66.8 cm³/mol. The van der Waals surface area contributed by atoms with Crippen molar-refractivity contribution in [3.63, 3.8) is 0 Å². The summed E-state index contributed by atoms with van der Waals surface area (Å²) < 4.78 is 14.3. The van der Waals surface area contributed by atoms with Crippen molar-refractivity contribution in [3.05, 3.63) is 50.6 Å². The minimum atomic E-state index is -0.373. The van der Waals surface area contributed by atoms with Gasteiger partial charge in [0.15, 0.2) is 0 Å².